The Morgan fingerprint density at radius 2 is 1.91 bits per heavy atom. The number of benzene rings is 1. The SMILES string of the molecule is CC(Nc1nccc(N2C(=O)OC[C@@H]2C(C)C)n1)c1ncc(-c2cccc([N+](=O)[O-])c2)cn1. The summed E-state index contributed by atoms with van der Waals surface area (Å²) in [6.07, 6.45) is 4.38. The van der Waals surface area contributed by atoms with Gasteiger partial charge in [0.05, 0.1) is 17.0 Å². The number of nitrogens with zero attached hydrogens (tertiary/aromatic N) is 6. The lowest BCUT2D eigenvalue weighted by Gasteiger charge is -2.23. The predicted molar refractivity (Wildman–Crippen MR) is 121 cm³/mol. The van der Waals surface area contributed by atoms with Gasteiger partial charge in [0, 0.05) is 36.3 Å². The third-order valence-corrected chi connectivity index (χ3v) is 5.36. The summed E-state index contributed by atoms with van der Waals surface area (Å²) in [5, 5.41) is 14.2. The summed E-state index contributed by atoms with van der Waals surface area (Å²) in [5.41, 5.74) is 1.33. The molecule has 2 aromatic heterocycles. The van der Waals surface area contributed by atoms with Crippen LogP contribution in [0, 0.1) is 16.0 Å². The smallest absolute Gasteiger partial charge is 0.415 e. The van der Waals surface area contributed by atoms with Crippen LogP contribution in [0.3, 0.4) is 0 Å². The molecule has 11 nitrogen and oxygen atoms in total. The van der Waals surface area contributed by atoms with E-state index in [0.717, 1.165) is 0 Å². The molecule has 11 heteroatoms. The van der Waals surface area contributed by atoms with Crippen LogP contribution in [-0.2, 0) is 4.74 Å². The number of nitrogens with one attached hydrogen (secondary N) is 1. The molecule has 1 unspecified atom stereocenters. The largest absolute Gasteiger partial charge is 0.447 e. The monoisotopic (exact) mass is 449 g/mol. The second-order valence-corrected chi connectivity index (χ2v) is 8.00. The van der Waals surface area contributed by atoms with E-state index in [1.165, 1.54) is 12.1 Å². The number of hydrogen-bond donors (Lipinski definition) is 1. The average molecular weight is 449 g/mol. The lowest BCUT2D eigenvalue weighted by Crippen LogP contribution is -2.37. The predicted octanol–water partition coefficient (Wildman–Crippen LogP) is 4.00. The van der Waals surface area contributed by atoms with Gasteiger partial charge < -0.3 is 10.1 Å². The van der Waals surface area contributed by atoms with Crippen LogP contribution in [0.2, 0.25) is 0 Å². The molecular weight excluding hydrogens is 426 g/mol. The Morgan fingerprint density at radius 3 is 2.61 bits per heavy atom. The van der Waals surface area contributed by atoms with Crippen LogP contribution < -0.4 is 10.2 Å². The molecule has 0 bridgehead atoms. The molecule has 0 radical (unpaired) electrons. The Labute approximate surface area is 190 Å². The third-order valence-electron chi connectivity index (χ3n) is 5.36. The molecule has 4 rings (SSSR count). The average Bonchev–Trinajstić information content (AvgIpc) is 3.21. The molecule has 1 amide bonds. The van der Waals surface area contributed by atoms with Gasteiger partial charge in [-0.2, -0.15) is 4.98 Å². The molecule has 1 aliphatic heterocycles. The Bertz CT molecular complexity index is 1170. The first-order valence-electron chi connectivity index (χ1n) is 10.5. The number of ether oxygens (including phenoxy) is 1. The van der Waals surface area contributed by atoms with Crippen molar-refractivity contribution >= 4 is 23.5 Å². The highest BCUT2D eigenvalue weighted by atomic mass is 16.6. The van der Waals surface area contributed by atoms with Gasteiger partial charge in [-0.1, -0.05) is 26.0 Å². The Balaban J connectivity index is 1.49. The molecule has 0 aliphatic carbocycles. The second kappa shape index (κ2) is 9.15. The summed E-state index contributed by atoms with van der Waals surface area (Å²) in [6, 6.07) is 7.54. The van der Waals surface area contributed by atoms with Gasteiger partial charge in [-0.25, -0.2) is 19.7 Å². The number of nitro benzene ring substituents is 1. The van der Waals surface area contributed by atoms with Crippen LogP contribution in [0.25, 0.3) is 11.1 Å². The van der Waals surface area contributed by atoms with Crippen molar-refractivity contribution in [2.24, 2.45) is 5.92 Å². The normalized spacial score (nSPS) is 16.5. The van der Waals surface area contributed by atoms with E-state index in [-0.39, 0.29) is 23.7 Å². The number of carbonyl (C=O) groups is 1. The summed E-state index contributed by atoms with van der Waals surface area (Å²) in [4.78, 5) is 41.8. The topological polar surface area (TPSA) is 136 Å². The van der Waals surface area contributed by atoms with Crippen LogP contribution in [0.5, 0.6) is 0 Å². The van der Waals surface area contributed by atoms with Crippen molar-refractivity contribution < 1.29 is 14.5 Å². The minimum absolute atomic E-state index is 0.00484. The zero-order chi connectivity index (χ0) is 23.5. The number of aromatic nitrogens is 4. The molecule has 0 spiro atoms. The van der Waals surface area contributed by atoms with E-state index in [1.54, 1.807) is 41.7 Å². The van der Waals surface area contributed by atoms with Gasteiger partial charge in [-0.15, -0.1) is 0 Å². The first-order valence-corrected chi connectivity index (χ1v) is 10.5. The first-order chi connectivity index (χ1) is 15.8. The van der Waals surface area contributed by atoms with Crippen LogP contribution >= 0.6 is 0 Å². The molecule has 1 fully saturated rings. The molecule has 33 heavy (non-hydrogen) atoms. The molecule has 3 heterocycles. The lowest BCUT2D eigenvalue weighted by atomic mass is 10.0. The fourth-order valence-corrected chi connectivity index (χ4v) is 3.51. The maximum Gasteiger partial charge on any atom is 0.415 e. The number of cyclic esters (lactones) is 1. The number of hydrogen-bond acceptors (Lipinski definition) is 9. The number of nitro groups is 1. The maximum atomic E-state index is 12.2. The van der Waals surface area contributed by atoms with Gasteiger partial charge >= 0.3 is 6.09 Å². The Morgan fingerprint density at radius 1 is 1.15 bits per heavy atom. The van der Waals surface area contributed by atoms with E-state index in [2.05, 4.69) is 25.3 Å². The number of rotatable bonds is 7. The van der Waals surface area contributed by atoms with E-state index in [0.29, 0.717) is 35.3 Å². The Hall–Kier alpha value is -4.15. The number of carbonyl (C=O) groups excluding carboxylic acids is 1. The van der Waals surface area contributed by atoms with Gasteiger partial charge in [0.25, 0.3) is 5.69 Å². The van der Waals surface area contributed by atoms with Crippen molar-refractivity contribution in [3.05, 3.63) is 64.9 Å². The van der Waals surface area contributed by atoms with Crippen molar-refractivity contribution in [2.45, 2.75) is 32.9 Å². The summed E-state index contributed by atoms with van der Waals surface area (Å²) in [6.45, 7) is 6.23. The fourth-order valence-electron chi connectivity index (χ4n) is 3.51. The highest BCUT2D eigenvalue weighted by molar-refractivity contribution is 5.89. The summed E-state index contributed by atoms with van der Waals surface area (Å²) in [7, 11) is 0. The van der Waals surface area contributed by atoms with Crippen molar-refractivity contribution in [3.8, 4) is 11.1 Å². The molecule has 1 saturated heterocycles. The quantitative estimate of drug-likeness (QED) is 0.419. The Kier molecular flexibility index (Phi) is 6.11. The van der Waals surface area contributed by atoms with Crippen LogP contribution in [0.4, 0.5) is 22.2 Å². The van der Waals surface area contributed by atoms with Crippen molar-refractivity contribution in [1.82, 2.24) is 19.9 Å². The van der Waals surface area contributed by atoms with E-state index in [9.17, 15) is 14.9 Å². The highest BCUT2D eigenvalue weighted by Crippen LogP contribution is 2.27. The number of amides is 1. The van der Waals surface area contributed by atoms with Gasteiger partial charge in [0.1, 0.15) is 18.2 Å². The fraction of sp³-hybridized carbons (Fsp3) is 0.318. The van der Waals surface area contributed by atoms with Crippen LogP contribution in [0.1, 0.15) is 32.6 Å². The lowest BCUT2D eigenvalue weighted by molar-refractivity contribution is -0.384. The van der Waals surface area contributed by atoms with Crippen molar-refractivity contribution in [1.29, 1.82) is 0 Å². The first kappa shape index (κ1) is 22.1. The van der Waals surface area contributed by atoms with E-state index >= 15 is 0 Å². The molecule has 1 aromatic carbocycles. The molecule has 0 saturated carbocycles. The molecule has 170 valence electrons. The summed E-state index contributed by atoms with van der Waals surface area (Å²) in [5.74, 6) is 1.50. The molecule has 1 N–H and O–H groups in total. The molecule has 1 aliphatic rings. The zero-order valence-electron chi connectivity index (χ0n) is 18.4. The minimum atomic E-state index is -0.440. The van der Waals surface area contributed by atoms with Crippen molar-refractivity contribution in [3.63, 3.8) is 0 Å². The zero-order valence-corrected chi connectivity index (χ0v) is 18.4. The van der Waals surface area contributed by atoms with E-state index in [4.69, 9.17) is 4.74 Å². The molecular formula is C22H23N7O4. The van der Waals surface area contributed by atoms with Crippen LogP contribution in [0.15, 0.2) is 48.9 Å². The summed E-state index contributed by atoms with van der Waals surface area (Å²) < 4.78 is 5.20. The molecule has 2 atom stereocenters. The standard InChI is InChI=1S/C22H23N7O4/c1-13(2)18-12-33-22(30)28(18)19-7-8-23-21(27-19)26-14(3)20-24-10-16(11-25-20)15-5-4-6-17(9-15)29(31)32/h4-11,13-14,18H,12H2,1-3H3,(H,23,26,27)/t14?,18-/m1/s1. The van der Waals surface area contributed by atoms with Gasteiger partial charge in [0.15, 0.2) is 0 Å². The van der Waals surface area contributed by atoms with Crippen molar-refractivity contribution in [2.75, 3.05) is 16.8 Å². The third kappa shape index (κ3) is 4.71. The second-order valence-electron chi connectivity index (χ2n) is 8.00. The molecule has 3 aromatic rings. The van der Waals surface area contributed by atoms with Gasteiger partial charge in [-0.3, -0.25) is 15.0 Å². The highest BCUT2D eigenvalue weighted by Gasteiger charge is 2.37. The number of anilines is 2. The van der Waals surface area contributed by atoms with Crippen LogP contribution in [-0.4, -0.2) is 43.6 Å². The van der Waals surface area contributed by atoms with Gasteiger partial charge in [0.2, 0.25) is 5.95 Å². The minimum Gasteiger partial charge on any atom is -0.447 e. The van der Waals surface area contributed by atoms with Gasteiger partial charge in [-0.05, 0) is 24.5 Å². The number of non-ortho nitro benzene ring substituents is 1. The maximum absolute atomic E-state index is 12.2. The summed E-state index contributed by atoms with van der Waals surface area (Å²) >= 11 is 0. The van der Waals surface area contributed by atoms with E-state index in [1.807, 2.05) is 20.8 Å². The van der Waals surface area contributed by atoms with E-state index < -0.39 is 11.0 Å².